The molecule has 8 nitrogen and oxygen atoms in total. The maximum absolute atomic E-state index is 5.48. The largest absolute Gasteiger partial charge is 0.305 e. The standard InChI is InChI=1S/C64H44N8S2/c1-37-25-29-49-45(33-37)46-34-38(2)26-30-50(46)71(49)54-57-55(74-64(54)72-51-31-27-39(3)35-47(51)48-36-40(4)28-32-52(48)72)53(62-67-58(41-17-9-5-10-18-41)65-59(68-62)42-19-11-6-12-20-42)56(73-57)63-69-60(43-21-13-7-14-22-43)66-61(70-63)44-23-15-8-16-24-44/h5-36H,1-4H3. The molecule has 0 bridgehead atoms. The van der Waals surface area contributed by atoms with Gasteiger partial charge in [-0.05, 0) is 76.2 Å². The predicted octanol–water partition coefficient (Wildman–Crippen LogP) is 16.8. The van der Waals surface area contributed by atoms with Crippen LogP contribution in [0.25, 0.3) is 131 Å². The molecular formula is C64H44N8S2. The third kappa shape index (κ3) is 7.24. The Kier molecular flexibility index (Phi) is 10.3. The lowest BCUT2D eigenvalue weighted by molar-refractivity contribution is 1.07. The molecule has 0 unspecified atom stereocenters. The normalized spacial score (nSPS) is 11.8. The van der Waals surface area contributed by atoms with Crippen molar-refractivity contribution in [3.63, 3.8) is 0 Å². The van der Waals surface area contributed by atoms with E-state index in [2.05, 4.69) is 158 Å². The van der Waals surface area contributed by atoms with Crippen LogP contribution in [-0.2, 0) is 0 Å². The van der Waals surface area contributed by atoms with E-state index in [4.69, 9.17) is 29.9 Å². The summed E-state index contributed by atoms with van der Waals surface area (Å²) in [4.78, 5) is 32.9. The molecule has 74 heavy (non-hydrogen) atoms. The molecule has 0 saturated carbocycles. The second kappa shape index (κ2) is 17.4. The van der Waals surface area contributed by atoms with Gasteiger partial charge in [0.05, 0.1) is 47.6 Å². The summed E-state index contributed by atoms with van der Waals surface area (Å²) in [5.74, 6) is 3.36. The van der Waals surface area contributed by atoms with Crippen LogP contribution in [0, 0.1) is 27.7 Å². The molecule has 0 saturated heterocycles. The van der Waals surface area contributed by atoms with Gasteiger partial charge in [0.15, 0.2) is 34.9 Å². The van der Waals surface area contributed by atoms with Crippen molar-refractivity contribution in [3.05, 3.63) is 216 Å². The lowest BCUT2D eigenvalue weighted by Gasteiger charge is -2.13. The number of aromatic nitrogens is 8. The third-order valence-corrected chi connectivity index (χ3v) is 16.4. The molecule has 10 heteroatoms. The Morgan fingerprint density at radius 3 is 1.00 bits per heavy atom. The second-order valence-corrected chi connectivity index (χ2v) is 21.1. The van der Waals surface area contributed by atoms with Gasteiger partial charge in [-0.2, -0.15) is 0 Å². The molecule has 0 radical (unpaired) electrons. The first-order chi connectivity index (χ1) is 36.3. The average Bonchev–Trinajstić information content (AvgIpc) is 4.27. The fraction of sp³-hybridized carbons (Fsp3) is 0.0625. The van der Waals surface area contributed by atoms with Gasteiger partial charge in [0.1, 0.15) is 5.00 Å². The van der Waals surface area contributed by atoms with E-state index in [0.29, 0.717) is 34.9 Å². The van der Waals surface area contributed by atoms with Crippen LogP contribution in [0.3, 0.4) is 0 Å². The Balaban J connectivity index is 1.18. The van der Waals surface area contributed by atoms with Gasteiger partial charge < -0.3 is 4.57 Å². The summed E-state index contributed by atoms with van der Waals surface area (Å²) in [5, 5.41) is 5.91. The number of nitrogens with zero attached hydrogens (tertiary/aromatic N) is 8. The van der Waals surface area contributed by atoms with Gasteiger partial charge in [-0.15, -0.1) is 22.7 Å². The van der Waals surface area contributed by atoms with E-state index in [1.807, 2.05) is 72.8 Å². The highest BCUT2D eigenvalue weighted by molar-refractivity contribution is 7.32. The molecule has 0 spiro atoms. The van der Waals surface area contributed by atoms with Crippen LogP contribution < -0.4 is 0 Å². The zero-order chi connectivity index (χ0) is 49.6. The summed E-state index contributed by atoms with van der Waals surface area (Å²) in [6, 6.07) is 68.1. The van der Waals surface area contributed by atoms with Crippen molar-refractivity contribution in [3.8, 4) is 78.3 Å². The number of hydrogen-bond acceptors (Lipinski definition) is 8. The van der Waals surface area contributed by atoms with E-state index in [-0.39, 0.29) is 0 Å². The Morgan fingerprint density at radius 2 is 0.635 bits per heavy atom. The van der Waals surface area contributed by atoms with Crippen LogP contribution in [0.1, 0.15) is 22.3 Å². The summed E-state index contributed by atoms with van der Waals surface area (Å²) >= 11 is 3.45. The van der Waals surface area contributed by atoms with Gasteiger partial charge in [-0.1, -0.05) is 168 Å². The Labute approximate surface area is 434 Å². The Bertz CT molecular complexity index is 4280. The quantitative estimate of drug-likeness (QED) is 0.151. The highest BCUT2D eigenvalue weighted by atomic mass is 32.1. The molecule has 14 aromatic rings. The predicted molar refractivity (Wildman–Crippen MR) is 307 cm³/mol. The Morgan fingerprint density at radius 1 is 0.311 bits per heavy atom. The molecule has 0 aliphatic carbocycles. The fourth-order valence-electron chi connectivity index (χ4n) is 10.4. The molecule has 0 N–H and O–H groups in total. The number of benzene rings is 8. The number of aryl methyl sites for hydroxylation is 4. The first-order valence-corrected chi connectivity index (χ1v) is 26.3. The maximum Gasteiger partial charge on any atom is 0.174 e. The van der Waals surface area contributed by atoms with Crippen molar-refractivity contribution in [2.75, 3.05) is 0 Å². The molecule has 0 aliphatic heterocycles. The van der Waals surface area contributed by atoms with E-state index in [1.165, 1.54) is 43.8 Å². The summed E-state index contributed by atoms with van der Waals surface area (Å²) in [5.41, 5.74) is 14.8. The van der Waals surface area contributed by atoms with E-state index in [0.717, 1.165) is 74.8 Å². The van der Waals surface area contributed by atoms with Crippen LogP contribution >= 0.6 is 22.7 Å². The first-order valence-electron chi connectivity index (χ1n) is 24.7. The number of fused-ring (bicyclic) bond motifs is 7. The van der Waals surface area contributed by atoms with Crippen molar-refractivity contribution in [1.82, 2.24) is 39.0 Å². The number of thiophene rings is 2. The van der Waals surface area contributed by atoms with Crippen molar-refractivity contribution in [2.45, 2.75) is 27.7 Å². The van der Waals surface area contributed by atoms with E-state index < -0.39 is 0 Å². The van der Waals surface area contributed by atoms with Crippen LogP contribution in [0.4, 0.5) is 0 Å². The lowest BCUT2D eigenvalue weighted by atomic mass is 10.1. The molecular weight excluding hydrogens is 945 g/mol. The van der Waals surface area contributed by atoms with Gasteiger partial charge in [0.2, 0.25) is 0 Å². The maximum atomic E-state index is 5.48. The van der Waals surface area contributed by atoms with Crippen molar-refractivity contribution >= 4 is 75.7 Å². The van der Waals surface area contributed by atoms with Gasteiger partial charge in [-0.3, -0.25) is 4.57 Å². The molecule has 6 heterocycles. The summed E-state index contributed by atoms with van der Waals surface area (Å²) in [6.45, 7) is 8.71. The zero-order valence-electron chi connectivity index (χ0n) is 40.9. The molecule has 352 valence electrons. The minimum atomic E-state index is 0.531. The number of rotatable bonds is 8. The molecule has 6 aromatic heterocycles. The van der Waals surface area contributed by atoms with Crippen LogP contribution in [0.15, 0.2) is 194 Å². The third-order valence-electron chi connectivity index (χ3n) is 13.9. The molecule has 0 atom stereocenters. The number of hydrogen-bond donors (Lipinski definition) is 0. The molecule has 0 aliphatic rings. The second-order valence-electron chi connectivity index (χ2n) is 19.1. The smallest absolute Gasteiger partial charge is 0.174 e. The molecule has 0 amide bonds. The van der Waals surface area contributed by atoms with E-state index >= 15 is 0 Å². The molecule has 0 fully saturated rings. The van der Waals surface area contributed by atoms with Crippen molar-refractivity contribution in [2.24, 2.45) is 0 Å². The van der Waals surface area contributed by atoms with Crippen LogP contribution in [0.5, 0.6) is 0 Å². The monoisotopic (exact) mass is 988 g/mol. The fourth-order valence-corrected chi connectivity index (χ4v) is 13.2. The van der Waals surface area contributed by atoms with Crippen LogP contribution in [-0.4, -0.2) is 39.0 Å². The van der Waals surface area contributed by atoms with E-state index in [9.17, 15) is 0 Å². The van der Waals surface area contributed by atoms with Crippen molar-refractivity contribution in [1.29, 1.82) is 0 Å². The minimum Gasteiger partial charge on any atom is -0.305 e. The highest BCUT2D eigenvalue weighted by Gasteiger charge is 2.32. The van der Waals surface area contributed by atoms with Gasteiger partial charge in [0, 0.05) is 43.8 Å². The van der Waals surface area contributed by atoms with Gasteiger partial charge in [-0.25, -0.2) is 29.9 Å². The van der Waals surface area contributed by atoms with Crippen LogP contribution in [0.2, 0.25) is 0 Å². The zero-order valence-corrected chi connectivity index (χ0v) is 42.5. The average molecular weight is 989 g/mol. The minimum absolute atomic E-state index is 0.531. The summed E-state index contributed by atoms with van der Waals surface area (Å²) in [6.07, 6.45) is 0. The Hall–Kier alpha value is -8.96. The summed E-state index contributed by atoms with van der Waals surface area (Å²) in [7, 11) is 0. The SMILES string of the molecule is Cc1ccc2c(c1)c1cc(C)ccc1n2-c1sc2c(-c3nc(-c4ccccc4)nc(-c4ccccc4)n3)c(-c3nc(-c4ccccc4)nc(-c4ccccc4)n3)sc2c1-n1c2ccc(C)cc2c2cc(C)ccc21. The lowest BCUT2D eigenvalue weighted by Crippen LogP contribution is -2.02. The topological polar surface area (TPSA) is 87.2 Å². The van der Waals surface area contributed by atoms with Gasteiger partial charge in [0.25, 0.3) is 0 Å². The molecule has 8 aromatic carbocycles. The highest BCUT2D eigenvalue weighted by Crippen LogP contribution is 2.54. The first kappa shape index (κ1) is 43.8. The van der Waals surface area contributed by atoms with Gasteiger partial charge >= 0.3 is 0 Å². The van der Waals surface area contributed by atoms with Crippen molar-refractivity contribution < 1.29 is 0 Å². The molecule has 14 rings (SSSR count). The summed E-state index contributed by atoms with van der Waals surface area (Å²) < 4.78 is 7.07. The van der Waals surface area contributed by atoms with E-state index in [1.54, 1.807) is 22.7 Å².